The molecule has 0 aliphatic heterocycles. The van der Waals surface area contributed by atoms with E-state index in [1.165, 1.54) is 31.4 Å². The fourth-order valence-corrected chi connectivity index (χ4v) is 2.80. The molecule has 0 saturated carbocycles. The third-order valence-electron chi connectivity index (χ3n) is 4.51. The van der Waals surface area contributed by atoms with Gasteiger partial charge in [-0.1, -0.05) is 12.1 Å². The average molecular weight is 424 g/mol. The summed E-state index contributed by atoms with van der Waals surface area (Å²) < 4.78 is 24.8. The van der Waals surface area contributed by atoms with Crippen molar-refractivity contribution in [2.75, 3.05) is 10.6 Å². The van der Waals surface area contributed by atoms with Gasteiger partial charge in [0.1, 0.15) is 17.3 Å². The molecule has 0 aliphatic rings. The van der Waals surface area contributed by atoms with Crippen molar-refractivity contribution in [3.63, 3.8) is 0 Å². The standard InChI is InChI=1S/C23H21FN2O5/c1-13(27)16-5-4-6-18(11-16)31-15(3)22(28)25-17-7-8-20(24)21(12-17)26-23(29)19-9-10-30-14(19)2/h4-12,15H,1-3H3,(H,25,28)(H,26,29). The van der Waals surface area contributed by atoms with Crippen molar-refractivity contribution in [1.82, 2.24) is 0 Å². The number of amides is 2. The van der Waals surface area contributed by atoms with Crippen LogP contribution in [0, 0.1) is 12.7 Å². The summed E-state index contributed by atoms with van der Waals surface area (Å²) in [6.45, 7) is 4.60. The number of carbonyl (C=O) groups excluding carboxylic acids is 3. The zero-order chi connectivity index (χ0) is 22.5. The number of anilines is 2. The summed E-state index contributed by atoms with van der Waals surface area (Å²) in [7, 11) is 0. The molecule has 0 fully saturated rings. The Hall–Kier alpha value is -3.94. The first-order valence-electron chi connectivity index (χ1n) is 9.48. The van der Waals surface area contributed by atoms with Gasteiger partial charge >= 0.3 is 0 Å². The lowest BCUT2D eigenvalue weighted by molar-refractivity contribution is -0.122. The van der Waals surface area contributed by atoms with Gasteiger partial charge in [-0.2, -0.15) is 0 Å². The predicted octanol–water partition coefficient (Wildman–Crippen LogP) is 4.59. The Morgan fingerprint density at radius 1 is 1.06 bits per heavy atom. The van der Waals surface area contributed by atoms with Gasteiger partial charge in [-0.15, -0.1) is 0 Å². The summed E-state index contributed by atoms with van der Waals surface area (Å²) in [6.07, 6.45) is 0.476. The predicted molar refractivity (Wildman–Crippen MR) is 113 cm³/mol. The molecular weight excluding hydrogens is 403 g/mol. The first-order valence-corrected chi connectivity index (χ1v) is 9.48. The molecule has 0 radical (unpaired) electrons. The van der Waals surface area contributed by atoms with Gasteiger partial charge in [0.15, 0.2) is 11.9 Å². The highest BCUT2D eigenvalue weighted by molar-refractivity contribution is 6.05. The average Bonchev–Trinajstić information content (AvgIpc) is 3.16. The molecule has 1 atom stereocenters. The maximum Gasteiger partial charge on any atom is 0.265 e. The monoisotopic (exact) mass is 424 g/mol. The number of hydrogen-bond donors (Lipinski definition) is 2. The molecule has 0 bridgehead atoms. The molecule has 0 aliphatic carbocycles. The Bertz CT molecular complexity index is 1140. The number of halogens is 1. The van der Waals surface area contributed by atoms with E-state index in [2.05, 4.69) is 10.6 Å². The number of benzene rings is 2. The second-order valence-electron chi connectivity index (χ2n) is 6.87. The maximum absolute atomic E-state index is 14.2. The molecule has 31 heavy (non-hydrogen) atoms. The molecule has 3 aromatic rings. The molecule has 1 aromatic heterocycles. The number of Topliss-reactive ketones (excluding diaryl/α,β-unsaturated/α-hetero) is 1. The first-order chi connectivity index (χ1) is 14.7. The zero-order valence-electron chi connectivity index (χ0n) is 17.2. The van der Waals surface area contributed by atoms with Crippen LogP contribution in [0.15, 0.2) is 59.2 Å². The molecule has 7 nitrogen and oxygen atoms in total. The zero-order valence-corrected chi connectivity index (χ0v) is 17.2. The molecule has 1 heterocycles. The van der Waals surface area contributed by atoms with Crippen molar-refractivity contribution in [2.45, 2.75) is 26.9 Å². The second kappa shape index (κ2) is 9.25. The van der Waals surface area contributed by atoms with Crippen molar-refractivity contribution in [1.29, 1.82) is 0 Å². The summed E-state index contributed by atoms with van der Waals surface area (Å²) in [5.74, 6) is -1.01. The van der Waals surface area contributed by atoms with Crippen LogP contribution in [-0.4, -0.2) is 23.7 Å². The third kappa shape index (κ3) is 5.36. The Balaban J connectivity index is 1.68. The highest BCUT2D eigenvalue weighted by Crippen LogP contribution is 2.22. The highest BCUT2D eigenvalue weighted by atomic mass is 19.1. The highest BCUT2D eigenvalue weighted by Gasteiger charge is 2.18. The lowest BCUT2D eigenvalue weighted by Gasteiger charge is -2.16. The van der Waals surface area contributed by atoms with Crippen LogP contribution >= 0.6 is 0 Å². The first kappa shape index (κ1) is 21.8. The number of aryl methyl sites for hydroxylation is 1. The second-order valence-corrected chi connectivity index (χ2v) is 6.87. The van der Waals surface area contributed by atoms with E-state index >= 15 is 0 Å². The van der Waals surface area contributed by atoms with E-state index < -0.39 is 23.7 Å². The molecule has 2 aromatic carbocycles. The smallest absolute Gasteiger partial charge is 0.265 e. The molecule has 0 saturated heterocycles. The summed E-state index contributed by atoms with van der Waals surface area (Å²) >= 11 is 0. The van der Waals surface area contributed by atoms with Gasteiger partial charge in [-0.3, -0.25) is 14.4 Å². The number of rotatable bonds is 7. The summed E-state index contributed by atoms with van der Waals surface area (Å²) in [5.41, 5.74) is 0.935. The number of hydrogen-bond acceptors (Lipinski definition) is 5. The van der Waals surface area contributed by atoms with Crippen LogP contribution in [0.25, 0.3) is 0 Å². The van der Waals surface area contributed by atoms with Gasteiger partial charge in [-0.05, 0) is 57.2 Å². The van der Waals surface area contributed by atoms with Crippen molar-refractivity contribution in [3.05, 3.63) is 77.5 Å². The molecule has 2 N–H and O–H groups in total. The van der Waals surface area contributed by atoms with E-state index in [0.717, 1.165) is 6.07 Å². The Morgan fingerprint density at radius 2 is 1.84 bits per heavy atom. The van der Waals surface area contributed by atoms with Gasteiger partial charge in [-0.25, -0.2) is 4.39 Å². The van der Waals surface area contributed by atoms with E-state index in [9.17, 15) is 18.8 Å². The Labute approximate surface area is 178 Å². The molecule has 0 spiro atoms. The lowest BCUT2D eigenvalue weighted by Crippen LogP contribution is -2.30. The van der Waals surface area contributed by atoms with Crippen LogP contribution in [-0.2, 0) is 4.79 Å². The Kier molecular flexibility index (Phi) is 6.49. The molecule has 160 valence electrons. The fraction of sp³-hybridized carbons (Fsp3) is 0.174. The van der Waals surface area contributed by atoms with Crippen molar-refractivity contribution >= 4 is 29.0 Å². The van der Waals surface area contributed by atoms with Gasteiger partial charge in [0.2, 0.25) is 0 Å². The minimum atomic E-state index is -0.890. The summed E-state index contributed by atoms with van der Waals surface area (Å²) in [6, 6.07) is 11.8. The van der Waals surface area contributed by atoms with Gasteiger partial charge in [0.25, 0.3) is 11.8 Å². The molecular formula is C23H21FN2O5. The molecule has 2 amide bonds. The summed E-state index contributed by atoms with van der Waals surface area (Å²) in [4.78, 5) is 36.3. The van der Waals surface area contributed by atoms with Gasteiger partial charge in [0.05, 0.1) is 17.5 Å². The molecule has 3 rings (SSSR count). The van der Waals surface area contributed by atoms with Crippen LogP contribution < -0.4 is 15.4 Å². The van der Waals surface area contributed by atoms with E-state index in [1.807, 2.05) is 0 Å². The molecule has 1 unspecified atom stereocenters. The van der Waals surface area contributed by atoms with E-state index in [1.54, 1.807) is 38.1 Å². The molecule has 8 heteroatoms. The van der Waals surface area contributed by atoms with Crippen molar-refractivity contribution in [3.8, 4) is 5.75 Å². The van der Waals surface area contributed by atoms with Crippen LogP contribution in [0.4, 0.5) is 15.8 Å². The minimum Gasteiger partial charge on any atom is -0.481 e. The summed E-state index contributed by atoms with van der Waals surface area (Å²) in [5, 5.41) is 5.08. The van der Waals surface area contributed by atoms with Crippen LogP contribution in [0.2, 0.25) is 0 Å². The van der Waals surface area contributed by atoms with Crippen molar-refractivity contribution < 1.29 is 27.9 Å². The largest absolute Gasteiger partial charge is 0.481 e. The Morgan fingerprint density at radius 3 is 2.52 bits per heavy atom. The lowest BCUT2D eigenvalue weighted by atomic mass is 10.1. The van der Waals surface area contributed by atoms with Crippen LogP contribution in [0.1, 0.15) is 40.3 Å². The van der Waals surface area contributed by atoms with E-state index in [0.29, 0.717) is 17.1 Å². The van der Waals surface area contributed by atoms with Gasteiger partial charge < -0.3 is 19.8 Å². The number of nitrogens with one attached hydrogen (secondary N) is 2. The van der Waals surface area contributed by atoms with Crippen LogP contribution in [0.3, 0.4) is 0 Å². The van der Waals surface area contributed by atoms with Gasteiger partial charge in [0, 0.05) is 11.3 Å². The normalized spacial score (nSPS) is 11.5. The third-order valence-corrected chi connectivity index (χ3v) is 4.51. The SMILES string of the molecule is CC(=O)c1cccc(OC(C)C(=O)Nc2ccc(F)c(NC(=O)c3ccoc3C)c2)c1. The number of carbonyl (C=O) groups is 3. The topological polar surface area (TPSA) is 97.6 Å². The quantitative estimate of drug-likeness (QED) is 0.541. The van der Waals surface area contributed by atoms with E-state index in [4.69, 9.17) is 9.15 Å². The minimum absolute atomic E-state index is 0.0915. The van der Waals surface area contributed by atoms with Crippen LogP contribution in [0.5, 0.6) is 5.75 Å². The number of furan rings is 1. The fourth-order valence-electron chi connectivity index (χ4n) is 2.80. The number of ether oxygens (including phenoxy) is 1. The number of ketones is 1. The maximum atomic E-state index is 14.2. The van der Waals surface area contributed by atoms with E-state index in [-0.39, 0.29) is 22.7 Å². The van der Waals surface area contributed by atoms with Crippen molar-refractivity contribution in [2.24, 2.45) is 0 Å².